The van der Waals surface area contributed by atoms with E-state index in [1.54, 1.807) is 12.3 Å². The van der Waals surface area contributed by atoms with Gasteiger partial charge in [0, 0.05) is 31.5 Å². The van der Waals surface area contributed by atoms with E-state index in [0.29, 0.717) is 12.2 Å². The molecule has 1 aliphatic rings. The van der Waals surface area contributed by atoms with Crippen LogP contribution in [0.3, 0.4) is 0 Å². The number of anilines is 1. The first kappa shape index (κ1) is 14.2. The van der Waals surface area contributed by atoms with E-state index in [1.165, 1.54) is 10.5 Å². The zero-order valence-electron chi connectivity index (χ0n) is 10.9. The van der Waals surface area contributed by atoms with Gasteiger partial charge >= 0.3 is 0 Å². The van der Waals surface area contributed by atoms with Gasteiger partial charge in [-0.3, -0.25) is 4.98 Å². The van der Waals surface area contributed by atoms with Gasteiger partial charge in [-0.2, -0.15) is 4.31 Å². The van der Waals surface area contributed by atoms with Crippen molar-refractivity contribution in [3.05, 3.63) is 18.5 Å². The Bertz CT molecular complexity index is 529. The van der Waals surface area contributed by atoms with Crippen molar-refractivity contribution in [2.45, 2.75) is 30.7 Å². The number of nitrogens with zero attached hydrogens (tertiary/aromatic N) is 2. The van der Waals surface area contributed by atoms with E-state index in [-0.39, 0.29) is 24.1 Å². The molecule has 0 saturated heterocycles. The molecule has 0 aromatic carbocycles. The fourth-order valence-corrected chi connectivity index (χ4v) is 3.80. The second kappa shape index (κ2) is 5.85. The molecule has 1 heterocycles. The molecule has 0 spiro atoms. The van der Waals surface area contributed by atoms with E-state index in [4.69, 9.17) is 5.11 Å². The van der Waals surface area contributed by atoms with Crippen LogP contribution in [0.1, 0.15) is 19.8 Å². The number of pyridine rings is 1. The predicted octanol–water partition coefficient (Wildman–Crippen LogP) is 0.659. The summed E-state index contributed by atoms with van der Waals surface area (Å²) in [6.45, 7) is 2.50. The first-order valence-corrected chi connectivity index (χ1v) is 7.85. The fraction of sp³-hybridized carbons (Fsp3) is 0.583. The zero-order valence-corrected chi connectivity index (χ0v) is 11.7. The van der Waals surface area contributed by atoms with Gasteiger partial charge in [-0.15, -0.1) is 0 Å². The van der Waals surface area contributed by atoms with Crippen LogP contribution < -0.4 is 5.32 Å². The highest BCUT2D eigenvalue weighted by Crippen LogP contribution is 2.33. The summed E-state index contributed by atoms with van der Waals surface area (Å²) in [5.74, 6) is 0. The molecule has 106 valence electrons. The Kier molecular flexibility index (Phi) is 4.38. The number of aliphatic hydroxyl groups excluding tert-OH is 1. The van der Waals surface area contributed by atoms with Crippen molar-refractivity contribution in [3.8, 4) is 0 Å². The highest BCUT2D eigenvalue weighted by atomic mass is 32.2. The summed E-state index contributed by atoms with van der Waals surface area (Å²) < 4.78 is 26.6. The Morgan fingerprint density at radius 3 is 2.84 bits per heavy atom. The van der Waals surface area contributed by atoms with Crippen LogP contribution in [0.2, 0.25) is 0 Å². The molecule has 0 amide bonds. The van der Waals surface area contributed by atoms with E-state index in [0.717, 1.165) is 12.8 Å². The number of nitrogens with one attached hydrogen (secondary N) is 1. The van der Waals surface area contributed by atoms with Crippen molar-refractivity contribution >= 4 is 15.7 Å². The summed E-state index contributed by atoms with van der Waals surface area (Å²) in [6, 6.07) is 1.67. The Morgan fingerprint density at radius 1 is 1.53 bits per heavy atom. The van der Waals surface area contributed by atoms with Crippen molar-refractivity contribution < 1.29 is 13.5 Å². The molecule has 0 radical (unpaired) electrons. The number of aliphatic hydroxyl groups is 1. The Morgan fingerprint density at radius 2 is 2.26 bits per heavy atom. The molecule has 2 rings (SSSR count). The van der Waals surface area contributed by atoms with Gasteiger partial charge in [-0.05, 0) is 25.8 Å². The smallest absolute Gasteiger partial charge is 0.246 e. The van der Waals surface area contributed by atoms with E-state index >= 15 is 0 Å². The van der Waals surface area contributed by atoms with Gasteiger partial charge in [0.05, 0.1) is 12.3 Å². The molecule has 0 unspecified atom stereocenters. The third-order valence-electron chi connectivity index (χ3n) is 3.01. The first-order valence-electron chi connectivity index (χ1n) is 6.41. The lowest BCUT2D eigenvalue weighted by molar-refractivity contribution is 0.250. The summed E-state index contributed by atoms with van der Waals surface area (Å²) in [5.41, 5.74) is 0.557. The molecule has 1 aromatic rings. The molecule has 2 N–H and O–H groups in total. The molecule has 1 saturated carbocycles. The lowest BCUT2D eigenvalue weighted by Crippen LogP contribution is -2.36. The van der Waals surface area contributed by atoms with Crippen molar-refractivity contribution in [3.63, 3.8) is 0 Å². The molecular weight excluding hydrogens is 266 g/mol. The normalized spacial score (nSPS) is 15.7. The topological polar surface area (TPSA) is 82.5 Å². The molecule has 1 aromatic heterocycles. The standard InChI is InChI=1S/C12H19N3O3S/c1-2-14-11-5-6-13-9-12(11)19(17,18)15(7-8-16)10-3-4-10/h5-6,9-10,16H,2-4,7-8H2,1H3,(H,13,14). The van der Waals surface area contributed by atoms with Gasteiger partial charge in [0.1, 0.15) is 4.90 Å². The van der Waals surface area contributed by atoms with Crippen LogP contribution in [0.4, 0.5) is 5.69 Å². The molecule has 0 atom stereocenters. The Hall–Kier alpha value is -1.18. The third kappa shape index (κ3) is 3.05. The van der Waals surface area contributed by atoms with Crippen LogP contribution in [0, 0.1) is 0 Å². The van der Waals surface area contributed by atoms with E-state index in [9.17, 15) is 8.42 Å². The van der Waals surface area contributed by atoms with Crippen LogP contribution in [0.5, 0.6) is 0 Å². The van der Waals surface area contributed by atoms with Gasteiger partial charge in [0.15, 0.2) is 0 Å². The second-order valence-corrected chi connectivity index (χ2v) is 6.33. The maximum absolute atomic E-state index is 12.6. The number of hydrogen-bond acceptors (Lipinski definition) is 5. The second-order valence-electron chi connectivity index (χ2n) is 4.47. The largest absolute Gasteiger partial charge is 0.395 e. The van der Waals surface area contributed by atoms with E-state index in [2.05, 4.69) is 10.3 Å². The van der Waals surface area contributed by atoms with Gasteiger partial charge in [0.25, 0.3) is 0 Å². The van der Waals surface area contributed by atoms with Crippen LogP contribution in [0.25, 0.3) is 0 Å². The lowest BCUT2D eigenvalue weighted by atomic mass is 10.4. The number of rotatable bonds is 7. The molecule has 6 nitrogen and oxygen atoms in total. The summed E-state index contributed by atoms with van der Waals surface area (Å²) in [7, 11) is -3.60. The van der Waals surface area contributed by atoms with Crippen molar-refractivity contribution in [2.24, 2.45) is 0 Å². The Balaban J connectivity index is 2.37. The molecule has 1 fully saturated rings. The van der Waals surface area contributed by atoms with Gasteiger partial charge < -0.3 is 10.4 Å². The number of hydrogen-bond donors (Lipinski definition) is 2. The highest BCUT2D eigenvalue weighted by molar-refractivity contribution is 7.89. The van der Waals surface area contributed by atoms with Crippen molar-refractivity contribution in [1.82, 2.24) is 9.29 Å². The van der Waals surface area contributed by atoms with Gasteiger partial charge in [0.2, 0.25) is 10.0 Å². The van der Waals surface area contributed by atoms with Crippen LogP contribution in [0.15, 0.2) is 23.4 Å². The molecule has 0 aliphatic heterocycles. The molecule has 0 bridgehead atoms. The SMILES string of the molecule is CCNc1ccncc1S(=O)(=O)N(CCO)C1CC1. The summed E-state index contributed by atoms with van der Waals surface area (Å²) in [4.78, 5) is 4.09. The molecule has 19 heavy (non-hydrogen) atoms. The van der Waals surface area contributed by atoms with E-state index < -0.39 is 10.0 Å². The average molecular weight is 285 g/mol. The minimum atomic E-state index is -3.60. The quantitative estimate of drug-likeness (QED) is 0.769. The Labute approximate surface area is 113 Å². The summed E-state index contributed by atoms with van der Waals surface area (Å²) in [5, 5.41) is 12.1. The monoisotopic (exact) mass is 285 g/mol. The summed E-state index contributed by atoms with van der Waals surface area (Å²) in [6.07, 6.45) is 4.64. The predicted molar refractivity (Wildman–Crippen MR) is 72.4 cm³/mol. The minimum absolute atomic E-state index is 0.0202. The third-order valence-corrected chi connectivity index (χ3v) is 4.99. The molecular formula is C12H19N3O3S. The first-order chi connectivity index (χ1) is 9.11. The van der Waals surface area contributed by atoms with Crippen molar-refractivity contribution in [2.75, 3.05) is 25.0 Å². The number of aromatic nitrogens is 1. The van der Waals surface area contributed by atoms with Gasteiger partial charge in [-0.1, -0.05) is 0 Å². The molecule has 1 aliphatic carbocycles. The average Bonchev–Trinajstić information content (AvgIpc) is 3.21. The van der Waals surface area contributed by atoms with Crippen LogP contribution in [-0.2, 0) is 10.0 Å². The molecule has 7 heteroatoms. The zero-order chi connectivity index (χ0) is 13.9. The maximum Gasteiger partial charge on any atom is 0.246 e. The van der Waals surface area contributed by atoms with Crippen molar-refractivity contribution in [1.29, 1.82) is 0 Å². The maximum atomic E-state index is 12.6. The van der Waals surface area contributed by atoms with Gasteiger partial charge in [-0.25, -0.2) is 8.42 Å². The fourth-order valence-electron chi connectivity index (χ4n) is 2.01. The number of sulfonamides is 1. The van der Waals surface area contributed by atoms with Crippen LogP contribution in [-0.4, -0.2) is 48.6 Å². The van der Waals surface area contributed by atoms with Crippen LogP contribution >= 0.6 is 0 Å². The summed E-state index contributed by atoms with van der Waals surface area (Å²) >= 11 is 0. The highest BCUT2D eigenvalue weighted by Gasteiger charge is 2.38. The minimum Gasteiger partial charge on any atom is -0.395 e. The lowest BCUT2D eigenvalue weighted by Gasteiger charge is -2.22. The van der Waals surface area contributed by atoms with E-state index in [1.807, 2.05) is 6.92 Å².